The predicted molar refractivity (Wildman–Crippen MR) is 53.4 cm³/mol. The van der Waals surface area contributed by atoms with E-state index < -0.39 is 0 Å². The lowest BCUT2D eigenvalue weighted by atomic mass is 9.93. The van der Waals surface area contributed by atoms with Gasteiger partial charge in [0.05, 0.1) is 6.07 Å². The number of nitrogens with zero attached hydrogens (tertiary/aromatic N) is 1. The predicted octanol–water partition coefficient (Wildman–Crippen LogP) is 3.19. The van der Waals surface area contributed by atoms with E-state index in [9.17, 15) is 0 Å². The molecule has 1 aliphatic carbocycles. The van der Waals surface area contributed by atoms with Gasteiger partial charge in [-0.3, -0.25) is 0 Å². The first-order valence-electron chi connectivity index (χ1n) is 4.19. The Morgan fingerprint density at radius 3 is 2.92 bits per heavy atom. The summed E-state index contributed by atoms with van der Waals surface area (Å²) in [5.41, 5.74) is 3.23. The van der Waals surface area contributed by atoms with Gasteiger partial charge in [0.2, 0.25) is 0 Å². The highest BCUT2D eigenvalue weighted by Gasteiger charge is 2.09. The molecule has 1 aromatic rings. The first-order chi connectivity index (χ1) is 6.29. The van der Waals surface area contributed by atoms with Gasteiger partial charge in [-0.25, -0.2) is 0 Å². The summed E-state index contributed by atoms with van der Waals surface area (Å²) < 4.78 is 0. The number of aryl methyl sites for hydroxylation is 1. The minimum atomic E-state index is 0.771. The molecule has 1 nitrogen and oxygen atoms in total. The van der Waals surface area contributed by atoms with Crippen LogP contribution < -0.4 is 0 Å². The van der Waals surface area contributed by atoms with Crippen molar-refractivity contribution in [2.75, 3.05) is 0 Å². The molecule has 2 heteroatoms. The van der Waals surface area contributed by atoms with Crippen molar-refractivity contribution in [3.63, 3.8) is 0 Å². The zero-order chi connectivity index (χ0) is 9.26. The third-order valence-corrected chi connectivity index (χ3v) is 2.48. The topological polar surface area (TPSA) is 23.8 Å². The van der Waals surface area contributed by atoms with Crippen LogP contribution in [-0.2, 0) is 6.42 Å². The molecule has 1 aliphatic rings. The second-order valence-corrected chi connectivity index (χ2v) is 3.56. The molecule has 2 rings (SSSR count). The highest BCUT2D eigenvalue weighted by atomic mass is 35.5. The zero-order valence-electron chi connectivity index (χ0n) is 7.05. The lowest BCUT2D eigenvalue weighted by Crippen LogP contribution is -1.97. The van der Waals surface area contributed by atoms with Gasteiger partial charge in [0.15, 0.2) is 0 Å². The Morgan fingerprint density at radius 1 is 1.31 bits per heavy atom. The van der Waals surface area contributed by atoms with Crippen molar-refractivity contribution in [2.24, 2.45) is 0 Å². The fraction of sp³-hybridized carbons (Fsp3) is 0.182. The zero-order valence-corrected chi connectivity index (χ0v) is 7.80. The lowest BCUT2D eigenvalue weighted by Gasteiger charge is -2.12. The summed E-state index contributed by atoms with van der Waals surface area (Å²) >= 11 is 5.86. The van der Waals surface area contributed by atoms with Crippen LogP contribution in [0.15, 0.2) is 23.8 Å². The Labute approximate surface area is 82.3 Å². The molecule has 0 bridgehead atoms. The van der Waals surface area contributed by atoms with E-state index in [0.717, 1.165) is 29.0 Å². The SMILES string of the molecule is N#CC1=Cc2ccc(Cl)cc2CC1. The summed E-state index contributed by atoms with van der Waals surface area (Å²) in [4.78, 5) is 0. The Bertz CT molecular complexity index is 413. The number of rotatable bonds is 0. The highest BCUT2D eigenvalue weighted by molar-refractivity contribution is 6.30. The minimum absolute atomic E-state index is 0.771. The number of hydrogen-bond donors (Lipinski definition) is 0. The van der Waals surface area contributed by atoms with Crippen LogP contribution in [0.25, 0.3) is 6.08 Å². The molecule has 0 saturated heterocycles. The maximum Gasteiger partial charge on any atom is 0.0947 e. The largest absolute Gasteiger partial charge is 0.193 e. The molecule has 64 valence electrons. The van der Waals surface area contributed by atoms with Crippen LogP contribution in [0.1, 0.15) is 17.5 Å². The van der Waals surface area contributed by atoms with Crippen LogP contribution in [0.2, 0.25) is 5.02 Å². The molecule has 0 spiro atoms. The third-order valence-electron chi connectivity index (χ3n) is 2.24. The number of halogens is 1. The summed E-state index contributed by atoms with van der Waals surface area (Å²) in [6.07, 6.45) is 3.70. The third kappa shape index (κ3) is 1.59. The van der Waals surface area contributed by atoms with Crippen molar-refractivity contribution < 1.29 is 0 Å². The average molecular weight is 190 g/mol. The number of fused-ring (bicyclic) bond motifs is 1. The van der Waals surface area contributed by atoms with E-state index in [2.05, 4.69) is 6.07 Å². The van der Waals surface area contributed by atoms with Crippen molar-refractivity contribution in [1.82, 2.24) is 0 Å². The highest BCUT2D eigenvalue weighted by Crippen LogP contribution is 2.25. The number of hydrogen-bond acceptors (Lipinski definition) is 1. The summed E-state index contributed by atoms with van der Waals surface area (Å²) in [6, 6.07) is 7.99. The second-order valence-electron chi connectivity index (χ2n) is 3.12. The van der Waals surface area contributed by atoms with Gasteiger partial charge in [-0.05, 0) is 42.2 Å². The fourth-order valence-electron chi connectivity index (χ4n) is 1.55. The molecule has 1 aromatic carbocycles. The molecule has 0 amide bonds. The van der Waals surface area contributed by atoms with Gasteiger partial charge in [-0.2, -0.15) is 5.26 Å². The molecule has 0 aliphatic heterocycles. The van der Waals surface area contributed by atoms with E-state index in [4.69, 9.17) is 16.9 Å². The smallest absolute Gasteiger partial charge is 0.0947 e. The van der Waals surface area contributed by atoms with Gasteiger partial charge in [-0.15, -0.1) is 0 Å². The van der Waals surface area contributed by atoms with Gasteiger partial charge >= 0.3 is 0 Å². The Morgan fingerprint density at radius 2 is 2.15 bits per heavy atom. The quantitative estimate of drug-likeness (QED) is 0.615. The normalized spacial score (nSPS) is 14.3. The molecule has 0 unspecified atom stereocenters. The number of allylic oxidation sites excluding steroid dienone is 1. The van der Waals surface area contributed by atoms with Crippen molar-refractivity contribution >= 4 is 17.7 Å². The molecule has 0 heterocycles. The monoisotopic (exact) mass is 189 g/mol. The Kier molecular flexibility index (Phi) is 2.08. The maximum absolute atomic E-state index is 8.73. The van der Waals surface area contributed by atoms with Crippen LogP contribution in [0.4, 0.5) is 0 Å². The van der Waals surface area contributed by atoms with Gasteiger partial charge < -0.3 is 0 Å². The molecule has 0 fully saturated rings. The van der Waals surface area contributed by atoms with Crippen LogP contribution >= 0.6 is 11.6 Å². The fourth-order valence-corrected chi connectivity index (χ4v) is 1.74. The second kappa shape index (κ2) is 3.24. The van der Waals surface area contributed by atoms with Crippen molar-refractivity contribution in [2.45, 2.75) is 12.8 Å². The Hall–Kier alpha value is -1.26. The molecule has 13 heavy (non-hydrogen) atoms. The average Bonchev–Trinajstić information content (AvgIpc) is 2.17. The number of nitriles is 1. The van der Waals surface area contributed by atoms with E-state index in [1.807, 2.05) is 24.3 Å². The first-order valence-corrected chi connectivity index (χ1v) is 4.56. The van der Waals surface area contributed by atoms with Gasteiger partial charge in [0.1, 0.15) is 0 Å². The van der Waals surface area contributed by atoms with Crippen molar-refractivity contribution in [1.29, 1.82) is 5.26 Å². The van der Waals surface area contributed by atoms with Crippen molar-refractivity contribution in [3.05, 3.63) is 39.9 Å². The van der Waals surface area contributed by atoms with Gasteiger partial charge in [-0.1, -0.05) is 17.7 Å². The van der Waals surface area contributed by atoms with E-state index in [0.29, 0.717) is 0 Å². The van der Waals surface area contributed by atoms with E-state index in [1.165, 1.54) is 5.56 Å². The van der Waals surface area contributed by atoms with E-state index in [1.54, 1.807) is 0 Å². The molecular formula is C11H8ClN. The van der Waals surface area contributed by atoms with E-state index in [-0.39, 0.29) is 0 Å². The first kappa shape index (κ1) is 8.34. The van der Waals surface area contributed by atoms with E-state index >= 15 is 0 Å². The van der Waals surface area contributed by atoms with Gasteiger partial charge in [0, 0.05) is 10.6 Å². The lowest BCUT2D eigenvalue weighted by molar-refractivity contribution is 0.953. The summed E-state index contributed by atoms with van der Waals surface area (Å²) in [5.74, 6) is 0. The summed E-state index contributed by atoms with van der Waals surface area (Å²) in [7, 11) is 0. The summed E-state index contributed by atoms with van der Waals surface area (Å²) in [6.45, 7) is 0. The minimum Gasteiger partial charge on any atom is -0.193 e. The van der Waals surface area contributed by atoms with Crippen LogP contribution in [0, 0.1) is 11.3 Å². The molecule has 0 saturated carbocycles. The summed E-state index contributed by atoms with van der Waals surface area (Å²) in [5, 5.41) is 9.50. The van der Waals surface area contributed by atoms with Crippen LogP contribution in [0.3, 0.4) is 0 Å². The van der Waals surface area contributed by atoms with Crippen LogP contribution in [0.5, 0.6) is 0 Å². The number of benzene rings is 1. The van der Waals surface area contributed by atoms with Crippen LogP contribution in [-0.4, -0.2) is 0 Å². The Balaban J connectivity index is 2.50. The molecule has 0 radical (unpaired) electrons. The standard InChI is InChI=1S/C11H8ClN/c12-11-4-3-9-5-8(7-13)1-2-10(9)6-11/h3-6H,1-2H2. The van der Waals surface area contributed by atoms with Gasteiger partial charge in [0.25, 0.3) is 0 Å². The molecule has 0 N–H and O–H groups in total. The molecular weight excluding hydrogens is 182 g/mol. The maximum atomic E-state index is 8.73. The molecule has 0 atom stereocenters. The molecule has 0 aromatic heterocycles. The van der Waals surface area contributed by atoms with Crippen molar-refractivity contribution in [3.8, 4) is 6.07 Å².